The van der Waals surface area contributed by atoms with Crippen LogP contribution in [0.2, 0.25) is 0 Å². The highest BCUT2D eigenvalue weighted by molar-refractivity contribution is 7.92. The molecule has 1 amide bonds. The van der Waals surface area contributed by atoms with E-state index in [1.807, 2.05) is 0 Å². The van der Waals surface area contributed by atoms with Crippen LogP contribution in [0.15, 0.2) is 23.1 Å². The molecule has 8 heteroatoms. The molecule has 138 valence electrons. The maximum atomic E-state index is 12.8. The zero-order valence-electron chi connectivity index (χ0n) is 14.8. The summed E-state index contributed by atoms with van der Waals surface area (Å²) in [5, 5.41) is 5.25. The number of ether oxygens (including phenoxy) is 1. The van der Waals surface area contributed by atoms with E-state index in [2.05, 4.69) is 10.6 Å². The molecule has 0 aliphatic carbocycles. The zero-order chi connectivity index (χ0) is 18.8. The summed E-state index contributed by atoms with van der Waals surface area (Å²) in [6.07, 6.45) is 0.558. The second-order valence-corrected chi connectivity index (χ2v) is 8.85. The molecule has 0 aromatic heterocycles. The molecule has 1 heterocycles. The van der Waals surface area contributed by atoms with Gasteiger partial charge in [-0.05, 0) is 50.6 Å². The number of nitrogens with one attached hydrogen (secondary N) is 2. The molecule has 1 aliphatic heterocycles. The first-order valence-corrected chi connectivity index (χ1v) is 9.69. The zero-order valence-corrected chi connectivity index (χ0v) is 15.6. The molecule has 1 aromatic carbocycles. The number of carbonyl (C=O) groups is 2. The Hall–Kier alpha value is -1.93. The number of anilines is 1. The van der Waals surface area contributed by atoms with Gasteiger partial charge in [0.05, 0.1) is 23.2 Å². The van der Waals surface area contributed by atoms with Crippen molar-refractivity contribution in [2.75, 3.05) is 19.0 Å². The molecule has 0 bridgehead atoms. The largest absolute Gasteiger partial charge is 0.469 e. The second kappa shape index (κ2) is 7.53. The molecule has 0 spiro atoms. The van der Waals surface area contributed by atoms with Crippen LogP contribution in [0.1, 0.15) is 38.8 Å². The number of carbonyl (C=O) groups excluding carboxylic acids is 2. The van der Waals surface area contributed by atoms with Crippen LogP contribution < -0.4 is 10.6 Å². The van der Waals surface area contributed by atoms with Crippen molar-refractivity contribution in [3.05, 3.63) is 23.8 Å². The smallest absolute Gasteiger partial charge is 0.310 e. The van der Waals surface area contributed by atoms with Gasteiger partial charge in [-0.15, -0.1) is 0 Å². The summed E-state index contributed by atoms with van der Waals surface area (Å²) in [6, 6.07) is 4.19. The predicted octanol–water partition coefficient (Wildman–Crippen LogP) is 1.65. The average molecular weight is 368 g/mol. The van der Waals surface area contributed by atoms with E-state index in [1.54, 1.807) is 26.0 Å². The fourth-order valence-corrected chi connectivity index (χ4v) is 4.30. The minimum Gasteiger partial charge on any atom is -0.469 e. The van der Waals surface area contributed by atoms with Gasteiger partial charge in [0.1, 0.15) is 0 Å². The third kappa shape index (κ3) is 4.01. The average Bonchev–Trinajstić information content (AvgIpc) is 3.02. The van der Waals surface area contributed by atoms with Crippen molar-refractivity contribution < 1.29 is 22.7 Å². The van der Waals surface area contributed by atoms with Gasteiger partial charge in [-0.25, -0.2) is 8.42 Å². The maximum Gasteiger partial charge on any atom is 0.310 e. The number of hydrogen-bond donors (Lipinski definition) is 2. The normalized spacial score (nSPS) is 20.5. The molecule has 1 fully saturated rings. The Morgan fingerprint density at radius 2 is 2.00 bits per heavy atom. The Kier molecular flexibility index (Phi) is 5.84. The van der Waals surface area contributed by atoms with Crippen molar-refractivity contribution in [1.29, 1.82) is 0 Å². The highest BCUT2D eigenvalue weighted by atomic mass is 32.2. The van der Waals surface area contributed by atoms with Crippen molar-refractivity contribution in [2.45, 2.75) is 43.4 Å². The quantitative estimate of drug-likeness (QED) is 0.767. The molecule has 2 atom stereocenters. The lowest BCUT2D eigenvalue weighted by Crippen LogP contribution is -2.27. The van der Waals surface area contributed by atoms with Gasteiger partial charge in [0.15, 0.2) is 9.84 Å². The Morgan fingerprint density at radius 3 is 2.56 bits per heavy atom. The Bertz CT molecular complexity index is 773. The fraction of sp³-hybridized carbons (Fsp3) is 0.529. The van der Waals surface area contributed by atoms with Crippen LogP contribution in [0.3, 0.4) is 0 Å². The molecule has 0 unspecified atom stereocenters. The molecule has 2 rings (SSSR count). The van der Waals surface area contributed by atoms with Crippen molar-refractivity contribution in [2.24, 2.45) is 5.92 Å². The Morgan fingerprint density at radius 1 is 1.32 bits per heavy atom. The molecule has 2 N–H and O–H groups in total. The highest BCUT2D eigenvalue weighted by Crippen LogP contribution is 2.36. The number of amides is 1. The molecule has 1 aliphatic rings. The van der Waals surface area contributed by atoms with Crippen molar-refractivity contribution >= 4 is 27.4 Å². The van der Waals surface area contributed by atoms with E-state index in [0.717, 1.165) is 0 Å². The topological polar surface area (TPSA) is 102 Å². The first kappa shape index (κ1) is 19.4. The lowest BCUT2D eigenvalue weighted by molar-refractivity contribution is -0.145. The minimum absolute atomic E-state index is 0.171. The summed E-state index contributed by atoms with van der Waals surface area (Å²) in [5.74, 6) is -1.11. The standard InChI is InChI=1S/C17H24N2O5S/c1-10(2)25(22,23)15-6-5-12(19-11(3)20)9-14(15)16-13(7-8-18-16)17(21)24-4/h5-6,9-10,13,16,18H,7-8H2,1-4H3,(H,19,20)/t13-,16+/m0/s1. The third-order valence-corrected chi connectivity index (χ3v) is 6.54. The summed E-state index contributed by atoms with van der Waals surface area (Å²) in [6.45, 7) is 5.18. The summed E-state index contributed by atoms with van der Waals surface area (Å²) in [5.41, 5.74) is 0.968. The van der Waals surface area contributed by atoms with Gasteiger partial charge >= 0.3 is 5.97 Å². The van der Waals surface area contributed by atoms with Gasteiger partial charge < -0.3 is 15.4 Å². The molecule has 1 saturated heterocycles. The first-order valence-electron chi connectivity index (χ1n) is 8.15. The Labute approximate surface area is 148 Å². The van der Waals surface area contributed by atoms with Crippen LogP contribution in [0.5, 0.6) is 0 Å². The first-order chi connectivity index (χ1) is 11.7. The molecule has 0 saturated carbocycles. The number of rotatable bonds is 5. The maximum absolute atomic E-state index is 12.8. The van der Waals surface area contributed by atoms with E-state index in [4.69, 9.17) is 4.74 Å². The van der Waals surface area contributed by atoms with E-state index < -0.39 is 27.0 Å². The van der Waals surface area contributed by atoms with E-state index in [9.17, 15) is 18.0 Å². The summed E-state index contributed by atoms with van der Waals surface area (Å²) < 4.78 is 30.4. The minimum atomic E-state index is -3.55. The van der Waals surface area contributed by atoms with Crippen molar-refractivity contribution in [1.82, 2.24) is 5.32 Å². The SMILES string of the molecule is COC(=O)[C@H]1CCN[C@H]1c1cc(NC(C)=O)ccc1S(=O)(=O)C(C)C. The van der Waals surface area contributed by atoms with Crippen LogP contribution >= 0.6 is 0 Å². The van der Waals surface area contributed by atoms with Crippen molar-refractivity contribution in [3.63, 3.8) is 0 Å². The van der Waals surface area contributed by atoms with Crippen LogP contribution in [-0.4, -0.2) is 39.2 Å². The van der Waals surface area contributed by atoms with E-state index in [-0.39, 0.29) is 16.8 Å². The number of hydrogen-bond acceptors (Lipinski definition) is 6. The highest BCUT2D eigenvalue weighted by Gasteiger charge is 2.38. The monoisotopic (exact) mass is 368 g/mol. The van der Waals surface area contributed by atoms with Crippen molar-refractivity contribution in [3.8, 4) is 0 Å². The summed E-state index contributed by atoms with van der Waals surface area (Å²) in [4.78, 5) is 23.6. The van der Waals surface area contributed by atoms with Gasteiger partial charge in [0.25, 0.3) is 0 Å². The molecule has 7 nitrogen and oxygen atoms in total. The molecular formula is C17H24N2O5S. The van der Waals surface area contributed by atoms with Gasteiger partial charge in [-0.3, -0.25) is 9.59 Å². The van der Waals surface area contributed by atoms with Crippen LogP contribution in [-0.2, 0) is 24.2 Å². The number of benzene rings is 1. The van der Waals surface area contributed by atoms with Gasteiger partial charge in [-0.2, -0.15) is 0 Å². The van der Waals surface area contributed by atoms with Gasteiger partial charge in [0.2, 0.25) is 5.91 Å². The second-order valence-electron chi connectivity index (χ2n) is 6.38. The summed E-state index contributed by atoms with van der Waals surface area (Å²) in [7, 11) is -2.23. The molecular weight excluding hydrogens is 344 g/mol. The summed E-state index contributed by atoms with van der Waals surface area (Å²) >= 11 is 0. The Balaban J connectivity index is 2.59. The predicted molar refractivity (Wildman–Crippen MR) is 93.9 cm³/mol. The number of sulfone groups is 1. The third-order valence-electron chi connectivity index (χ3n) is 4.32. The van der Waals surface area contributed by atoms with E-state index in [0.29, 0.717) is 24.2 Å². The lowest BCUT2D eigenvalue weighted by atomic mass is 9.94. The van der Waals surface area contributed by atoms with Gasteiger partial charge in [0, 0.05) is 18.7 Å². The lowest BCUT2D eigenvalue weighted by Gasteiger charge is -2.23. The van der Waals surface area contributed by atoms with Crippen LogP contribution in [0.25, 0.3) is 0 Å². The number of methoxy groups -OCH3 is 1. The molecule has 0 radical (unpaired) electrons. The number of esters is 1. The molecule has 25 heavy (non-hydrogen) atoms. The van der Waals surface area contributed by atoms with Crippen LogP contribution in [0, 0.1) is 5.92 Å². The molecule has 1 aromatic rings. The van der Waals surface area contributed by atoms with Crippen LogP contribution in [0.4, 0.5) is 5.69 Å². The van der Waals surface area contributed by atoms with E-state index in [1.165, 1.54) is 20.1 Å². The van der Waals surface area contributed by atoms with E-state index >= 15 is 0 Å². The fourth-order valence-electron chi connectivity index (χ4n) is 3.02. The van der Waals surface area contributed by atoms with Gasteiger partial charge in [-0.1, -0.05) is 0 Å².